The van der Waals surface area contributed by atoms with E-state index in [1.54, 1.807) is 25.1 Å². The number of rotatable bonds is 8. The molecule has 34 heavy (non-hydrogen) atoms. The third-order valence-corrected chi connectivity index (χ3v) is 6.26. The minimum atomic E-state index is 0.517. The van der Waals surface area contributed by atoms with E-state index < -0.39 is 0 Å². The number of methoxy groups -OCH3 is 1. The number of nitrogens with zero attached hydrogens (tertiary/aromatic N) is 3. The summed E-state index contributed by atoms with van der Waals surface area (Å²) < 4.78 is 11.3. The van der Waals surface area contributed by atoms with Crippen molar-refractivity contribution in [1.82, 2.24) is 15.0 Å². The summed E-state index contributed by atoms with van der Waals surface area (Å²) in [6, 6.07) is 9.66. The molecule has 2 aromatic heterocycles. The van der Waals surface area contributed by atoms with Gasteiger partial charge in [-0.15, -0.1) is 0 Å². The second-order valence-electron chi connectivity index (χ2n) is 7.78. The fourth-order valence-corrected chi connectivity index (χ4v) is 4.19. The fourth-order valence-electron chi connectivity index (χ4n) is 3.29. The molecular formula is C26H27N5O2S. The second kappa shape index (κ2) is 10.9. The summed E-state index contributed by atoms with van der Waals surface area (Å²) in [4.78, 5) is 13.0. The van der Waals surface area contributed by atoms with Crippen molar-refractivity contribution in [1.29, 1.82) is 0 Å². The van der Waals surface area contributed by atoms with Crippen molar-refractivity contribution in [3.8, 4) is 11.5 Å². The van der Waals surface area contributed by atoms with Crippen LogP contribution in [0.2, 0.25) is 0 Å². The highest BCUT2D eigenvalue weighted by Crippen LogP contribution is 2.33. The molecule has 7 nitrogen and oxygen atoms in total. The zero-order valence-electron chi connectivity index (χ0n) is 19.4. The fraction of sp³-hybridized carbons (Fsp3) is 0.192. The Balaban J connectivity index is 1.44. The molecule has 0 atom stereocenters. The lowest BCUT2D eigenvalue weighted by Crippen LogP contribution is -2.03. The van der Waals surface area contributed by atoms with Crippen LogP contribution in [0.4, 0.5) is 17.2 Å². The van der Waals surface area contributed by atoms with Gasteiger partial charge in [0, 0.05) is 17.1 Å². The molecule has 0 saturated heterocycles. The molecule has 1 aromatic carbocycles. The van der Waals surface area contributed by atoms with E-state index >= 15 is 0 Å². The maximum Gasteiger partial charge on any atom is 0.158 e. The Bertz CT molecular complexity index is 1250. The van der Waals surface area contributed by atoms with Crippen molar-refractivity contribution < 1.29 is 9.47 Å². The van der Waals surface area contributed by atoms with Gasteiger partial charge >= 0.3 is 0 Å². The number of hydrogen-bond acceptors (Lipinski definition) is 8. The van der Waals surface area contributed by atoms with Gasteiger partial charge in [-0.05, 0) is 68.3 Å². The second-order valence-corrected chi connectivity index (χ2v) is 8.74. The molecule has 0 amide bonds. The van der Waals surface area contributed by atoms with Crippen LogP contribution in [-0.2, 0) is 4.74 Å². The molecular weight excluding hydrogens is 446 g/mol. The molecule has 3 aromatic rings. The van der Waals surface area contributed by atoms with Crippen LogP contribution in [0.15, 0.2) is 83.5 Å². The van der Waals surface area contributed by atoms with E-state index in [2.05, 4.69) is 32.4 Å². The van der Waals surface area contributed by atoms with Crippen LogP contribution in [0, 0.1) is 13.8 Å². The Hall–Kier alpha value is -3.78. The monoisotopic (exact) mass is 473 g/mol. The minimum absolute atomic E-state index is 0.517. The van der Waals surface area contributed by atoms with Crippen LogP contribution in [0.1, 0.15) is 17.7 Å². The molecule has 0 unspecified atom stereocenters. The molecule has 4 rings (SSSR count). The maximum atomic E-state index is 6.40. The molecule has 1 aliphatic rings. The van der Waals surface area contributed by atoms with Crippen LogP contribution in [0.25, 0.3) is 0 Å². The lowest BCUT2D eigenvalue weighted by atomic mass is 10.2. The number of nitrogens with one attached hydrogen (secondary N) is 1. The highest BCUT2D eigenvalue weighted by atomic mass is 32.2. The Morgan fingerprint density at radius 1 is 1.12 bits per heavy atom. The van der Waals surface area contributed by atoms with Crippen molar-refractivity contribution in [2.45, 2.75) is 25.3 Å². The molecule has 0 aliphatic heterocycles. The smallest absolute Gasteiger partial charge is 0.158 e. The molecule has 2 heterocycles. The van der Waals surface area contributed by atoms with Crippen LogP contribution in [0.3, 0.4) is 0 Å². The maximum absolute atomic E-state index is 6.40. The Morgan fingerprint density at radius 2 is 2.00 bits per heavy atom. The standard InChI is InChI=1S/C26H27N5O2S/c1-17-12-20(9-11-23(17)33-22-10-8-18(2)28-14-22)31-25-24(27)26(30-16-29-25)34-15-19-6-4-5-7-21(13-19)32-3/h4-5,7-14,16H,6,15,27H2,1-3H3,(H,29,30,31). The summed E-state index contributed by atoms with van der Waals surface area (Å²) in [6.45, 7) is 3.93. The predicted molar refractivity (Wildman–Crippen MR) is 138 cm³/mol. The average molecular weight is 474 g/mol. The van der Waals surface area contributed by atoms with Crippen molar-refractivity contribution in [3.63, 3.8) is 0 Å². The van der Waals surface area contributed by atoms with E-state index in [0.717, 1.165) is 45.7 Å². The number of nitrogen functional groups attached to an aromatic ring is 1. The van der Waals surface area contributed by atoms with Crippen molar-refractivity contribution >= 4 is 29.0 Å². The van der Waals surface area contributed by atoms with Gasteiger partial charge in [0.15, 0.2) is 5.82 Å². The third kappa shape index (κ3) is 5.96. The van der Waals surface area contributed by atoms with Gasteiger partial charge in [-0.2, -0.15) is 0 Å². The molecule has 8 heteroatoms. The number of aromatic nitrogens is 3. The van der Waals surface area contributed by atoms with Crippen LogP contribution in [0.5, 0.6) is 11.5 Å². The molecule has 0 radical (unpaired) electrons. The molecule has 3 N–H and O–H groups in total. The Kier molecular flexibility index (Phi) is 7.49. The number of allylic oxidation sites excluding steroid dienone is 4. The normalized spacial score (nSPS) is 13.0. The van der Waals surface area contributed by atoms with Crippen molar-refractivity contribution in [2.75, 3.05) is 23.9 Å². The predicted octanol–water partition coefficient (Wildman–Crippen LogP) is 6.12. The quantitative estimate of drug-likeness (QED) is 0.299. The summed E-state index contributed by atoms with van der Waals surface area (Å²) in [7, 11) is 1.67. The van der Waals surface area contributed by atoms with E-state index in [9.17, 15) is 0 Å². The number of hydrogen-bond donors (Lipinski definition) is 2. The van der Waals surface area contributed by atoms with Gasteiger partial charge in [0.1, 0.15) is 34.3 Å². The lowest BCUT2D eigenvalue weighted by molar-refractivity contribution is 0.306. The molecule has 0 fully saturated rings. The number of aryl methyl sites for hydroxylation is 2. The van der Waals surface area contributed by atoms with E-state index in [1.807, 2.05) is 56.3 Å². The average Bonchev–Trinajstić information content (AvgIpc) is 3.08. The molecule has 0 saturated carbocycles. The van der Waals surface area contributed by atoms with E-state index in [4.69, 9.17) is 15.2 Å². The summed E-state index contributed by atoms with van der Waals surface area (Å²) >= 11 is 1.58. The highest BCUT2D eigenvalue weighted by Gasteiger charge is 2.12. The zero-order valence-corrected chi connectivity index (χ0v) is 20.2. The summed E-state index contributed by atoms with van der Waals surface area (Å²) in [5.74, 6) is 3.62. The number of pyridine rings is 1. The first kappa shape index (κ1) is 23.4. The van der Waals surface area contributed by atoms with Gasteiger partial charge in [-0.3, -0.25) is 4.98 Å². The van der Waals surface area contributed by atoms with Gasteiger partial charge in [-0.1, -0.05) is 29.5 Å². The van der Waals surface area contributed by atoms with E-state index in [0.29, 0.717) is 17.3 Å². The number of benzene rings is 1. The van der Waals surface area contributed by atoms with Crippen LogP contribution < -0.4 is 15.8 Å². The van der Waals surface area contributed by atoms with Crippen molar-refractivity contribution in [2.24, 2.45) is 0 Å². The minimum Gasteiger partial charge on any atom is -0.497 e. The highest BCUT2D eigenvalue weighted by molar-refractivity contribution is 7.99. The number of thioether (sulfide) groups is 1. The summed E-state index contributed by atoms with van der Waals surface area (Å²) in [6.07, 6.45) is 12.2. The van der Waals surface area contributed by atoms with Crippen molar-refractivity contribution in [3.05, 3.63) is 89.7 Å². The first-order valence-electron chi connectivity index (χ1n) is 10.8. The summed E-state index contributed by atoms with van der Waals surface area (Å²) in [5, 5.41) is 4.04. The van der Waals surface area contributed by atoms with Gasteiger partial charge in [0.2, 0.25) is 0 Å². The van der Waals surface area contributed by atoms with Gasteiger partial charge < -0.3 is 20.5 Å². The Labute approximate surface area is 203 Å². The SMILES string of the molecule is COC1=CC=CCC(CSc2ncnc(Nc3ccc(Oc4ccc(C)nc4)c(C)c3)c2N)=C1. The molecule has 0 spiro atoms. The first-order chi connectivity index (χ1) is 16.5. The van der Waals surface area contributed by atoms with Gasteiger partial charge in [-0.25, -0.2) is 9.97 Å². The molecule has 174 valence electrons. The molecule has 0 bridgehead atoms. The third-order valence-electron chi connectivity index (χ3n) is 5.15. The van der Waals surface area contributed by atoms with E-state index in [1.165, 1.54) is 11.9 Å². The zero-order chi connectivity index (χ0) is 23.9. The summed E-state index contributed by atoms with van der Waals surface area (Å²) in [5.41, 5.74) is 10.9. The Morgan fingerprint density at radius 3 is 2.76 bits per heavy atom. The number of anilines is 3. The van der Waals surface area contributed by atoms with Crippen LogP contribution >= 0.6 is 11.8 Å². The number of nitrogens with two attached hydrogens (primary N) is 1. The number of ether oxygens (including phenoxy) is 2. The first-order valence-corrected chi connectivity index (χ1v) is 11.8. The van der Waals surface area contributed by atoms with Crippen LogP contribution in [-0.4, -0.2) is 27.8 Å². The van der Waals surface area contributed by atoms with Gasteiger partial charge in [0.25, 0.3) is 0 Å². The van der Waals surface area contributed by atoms with E-state index in [-0.39, 0.29) is 0 Å². The lowest BCUT2D eigenvalue weighted by Gasteiger charge is -2.14. The largest absolute Gasteiger partial charge is 0.497 e. The molecule has 1 aliphatic carbocycles. The van der Waals surface area contributed by atoms with Gasteiger partial charge in [0.05, 0.1) is 13.3 Å². The topological polar surface area (TPSA) is 95.2 Å².